The molecule has 0 bridgehead atoms. The number of rotatable bonds is 6. The minimum atomic E-state index is -0.696. The number of hydrogen-bond acceptors (Lipinski definition) is 3. The zero-order valence-electron chi connectivity index (χ0n) is 12.3. The summed E-state index contributed by atoms with van der Waals surface area (Å²) in [7, 11) is 0. The summed E-state index contributed by atoms with van der Waals surface area (Å²) < 4.78 is 0. The smallest absolute Gasteiger partial charge is 0.307 e. The van der Waals surface area contributed by atoms with Crippen LogP contribution < -0.4 is 5.32 Å². The molecular weight excluding hydrogens is 252 g/mol. The van der Waals surface area contributed by atoms with Gasteiger partial charge in [-0.25, -0.2) is 0 Å². The molecule has 4 heteroatoms. The molecule has 1 aliphatic heterocycles. The molecule has 0 spiro atoms. The first-order valence-corrected chi connectivity index (χ1v) is 7.41. The van der Waals surface area contributed by atoms with Crippen LogP contribution in [0.4, 0.5) is 0 Å². The van der Waals surface area contributed by atoms with Crippen LogP contribution >= 0.6 is 0 Å². The Kier molecular flexibility index (Phi) is 5.15. The summed E-state index contributed by atoms with van der Waals surface area (Å²) in [6.45, 7) is 8.01. The Labute approximate surface area is 120 Å². The van der Waals surface area contributed by atoms with Crippen molar-refractivity contribution in [2.75, 3.05) is 19.6 Å². The highest BCUT2D eigenvalue weighted by molar-refractivity contribution is 5.70. The normalized spacial score (nSPS) is 22.4. The average Bonchev–Trinajstić information content (AvgIpc) is 2.95. The maximum Gasteiger partial charge on any atom is 0.307 e. The van der Waals surface area contributed by atoms with Gasteiger partial charge in [0.1, 0.15) is 0 Å². The van der Waals surface area contributed by atoms with E-state index in [9.17, 15) is 4.79 Å². The second-order valence-corrected chi connectivity index (χ2v) is 5.43. The largest absolute Gasteiger partial charge is 0.481 e. The third-order valence-electron chi connectivity index (χ3n) is 4.16. The van der Waals surface area contributed by atoms with Gasteiger partial charge < -0.3 is 10.4 Å². The lowest BCUT2D eigenvalue weighted by Crippen LogP contribution is -2.22. The summed E-state index contributed by atoms with van der Waals surface area (Å²) >= 11 is 0. The SMILES string of the molecule is CCN(CC)Cc1ccc(C2CC(C(=O)O)CN2)cc1. The molecule has 1 heterocycles. The minimum Gasteiger partial charge on any atom is -0.481 e. The van der Waals surface area contributed by atoms with Crippen molar-refractivity contribution < 1.29 is 9.90 Å². The molecule has 1 aliphatic rings. The number of benzene rings is 1. The lowest BCUT2D eigenvalue weighted by molar-refractivity contribution is -0.141. The van der Waals surface area contributed by atoms with Crippen molar-refractivity contribution in [2.45, 2.75) is 32.9 Å². The Bertz CT molecular complexity index is 440. The van der Waals surface area contributed by atoms with Crippen molar-refractivity contribution in [3.63, 3.8) is 0 Å². The molecule has 20 heavy (non-hydrogen) atoms. The summed E-state index contributed by atoms with van der Waals surface area (Å²) in [5, 5.41) is 12.3. The average molecular weight is 276 g/mol. The molecule has 0 radical (unpaired) electrons. The molecule has 1 saturated heterocycles. The lowest BCUT2D eigenvalue weighted by Gasteiger charge is -2.18. The summed E-state index contributed by atoms with van der Waals surface area (Å²) in [6.07, 6.45) is 0.685. The molecule has 0 saturated carbocycles. The van der Waals surface area contributed by atoms with E-state index in [0.717, 1.165) is 19.6 Å². The van der Waals surface area contributed by atoms with E-state index in [2.05, 4.69) is 48.3 Å². The zero-order valence-corrected chi connectivity index (χ0v) is 12.3. The van der Waals surface area contributed by atoms with Crippen molar-refractivity contribution in [2.24, 2.45) is 5.92 Å². The number of carboxylic acids is 1. The van der Waals surface area contributed by atoms with Crippen LogP contribution in [0.15, 0.2) is 24.3 Å². The maximum atomic E-state index is 11.0. The fourth-order valence-corrected chi connectivity index (χ4v) is 2.74. The number of aliphatic carboxylic acids is 1. The third-order valence-corrected chi connectivity index (χ3v) is 4.16. The van der Waals surface area contributed by atoms with E-state index in [4.69, 9.17) is 5.11 Å². The second kappa shape index (κ2) is 6.86. The van der Waals surface area contributed by atoms with E-state index in [1.54, 1.807) is 0 Å². The molecule has 2 unspecified atom stereocenters. The molecule has 0 aromatic heterocycles. The summed E-state index contributed by atoms with van der Waals surface area (Å²) in [6, 6.07) is 8.74. The molecule has 4 nitrogen and oxygen atoms in total. The Hall–Kier alpha value is -1.39. The van der Waals surface area contributed by atoms with Crippen LogP contribution in [0.25, 0.3) is 0 Å². The van der Waals surface area contributed by atoms with Gasteiger partial charge in [0.15, 0.2) is 0 Å². The molecule has 1 aromatic carbocycles. The third kappa shape index (κ3) is 3.58. The first-order valence-electron chi connectivity index (χ1n) is 7.41. The van der Waals surface area contributed by atoms with Gasteiger partial charge in [-0.2, -0.15) is 0 Å². The first kappa shape index (κ1) is 15.0. The summed E-state index contributed by atoms with van der Waals surface area (Å²) in [5.41, 5.74) is 2.50. The Morgan fingerprint density at radius 2 is 1.95 bits per heavy atom. The zero-order chi connectivity index (χ0) is 14.5. The molecule has 110 valence electrons. The number of nitrogens with one attached hydrogen (secondary N) is 1. The number of carbonyl (C=O) groups is 1. The van der Waals surface area contributed by atoms with Gasteiger partial charge in [0, 0.05) is 19.1 Å². The number of hydrogen-bond donors (Lipinski definition) is 2. The standard InChI is InChI=1S/C16H24N2O2/c1-3-18(4-2)11-12-5-7-13(8-6-12)15-9-14(10-17-15)16(19)20/h5-8,14-15,17H,3-4,9-11H2,1-2H3,(H,19,20). The number of carboxylic acid groups (broad SMARTS) is 1. The summed E-state index contributed by atoms with van der Waals surface area (Å²) in [5.74, 6) is -0.950. The predicted octanol–water partition coefficient (Wildman–Crippen LogP) is 2.26. The molecule has 1 fully saturated rings. The van der Waals surface area contributed by atoms with Crippen molar-refractivity contribution >= 4 is 5.97 Å². The van der Waals surface area contributed by atoms with Crippen LogP contribution in [0.2, 0.25) is 0 Å². The molecule has 2 rings (SSSR count). The van der Waals surface area contributed by atoms with Gasteiger partial charge in [-0.05, 0) is 30.6 Å². The monoisotopic (exact) mass is 276 g/mol. The van der Waals surface area contributed by atoms with Gasteiger partial charge >= 0.3 is 5.97 Å². The van der Waals surface area contributed by atoms with Crippen LogP contribution in [-0.4, -0.2) is 35.6 Å². The van der Waals surface area contributed by atoms with Crippen LogP contribution in [0, 0.1) is 5.92 Å². The molecule has 0 amide bonds. The van der Waals surface area contributed by atoms with E-state index in [1.807, 2.05) is 0 Å². The highest BCUT2D eigenvalue weighted by Gasteiger charge is 2.29. The fraction of sp³-hybridized carbons (Fsp3) is 0.562. The number of nitrogens with zero attached hydrogens (tertiary/aromatic N) is 1. The molecule has 2 atom stereocenters. The van der Waals surface area contributed by atoms with E-state index in [-0.39, 0.29) is 12.0 Å². The van der Waals surface area contributed by atoms with Gasteiger partial charge in [-0.15, -0.1) is 0 Å². The Morgan fingerprint density at radius 1 is 1.30 bits per heavy atom. The van der Waals surface area contributed by atoms with E-state index >= 15 is 0 Å². The Balaban J connectivity index is 1.97. The quantitative estimate of drug-likeness (QED) is 0.837. The minimum absolute atomic E-state index is 0.179. The van der Waals surface area contributed by atoms with E-state index < -0.39 is 5.97 Å². The maximum absolute atomic E-state index is 11.0. The first-order chi connectivity index (χ1) is 9.63. The van der Waals surface area contributed by atoms with E-state index in [0.29, 0.717) is 13.0 Å². The van der Waals surface area contributed by atoms with Crippen molar-refractivity contribution in [3.05, 3.63) is 35.4 Å². The topological polar surface area (TPSA) is 52.6 Å². The molecule has 2 N–H and O–H groups in total. The highest BCUT2D eigenvalue weighted by Crippen LogP contribution is 2.27. The fourth-order valence-electron chi connectivity index (χ4n) is 2.74. The van der Waals surface area contributed by atoms with Gasteiger partial charge in [-0.1, -0.05) is 38.1 Å². The van der Waals surface area contributed by atoms with Crippen molar-refractivity contribution in [1.82, 2.24) is 10.2 Å². The van der Waals surface area contributed by atoms with Gasteiger partial charge in [0.2, 0.25) is 0 Å². The van der Waals surface area contributed by atoms with Gasteiger partial charge in [0.25, 0.3) is 0 Å². The van der Waals surface area contributed by atoms with Crippen LogP contribution in [0.5, 0.6) is 0 Å². The second-order valence-electron chi connectivity index (χ2n) is 5.43. The van der Waals surface area contributed by atoms with Gasteiger partial charge in [-0.3, -0.25) is 9.69 Å². The molecular formula is C16H24N2O2. The Morgan fingerprint density at radius 3 is 2.45 bits per heavy atom. The van der Waals surface area contributed by atoms with Crippen molar-refractivity contribution in [1.29, 1.82) is 0 Å². The summed E-state index contributed by atoms with van der Waals surface area (Å²) in [4.78, 5) is 13.4. The lowest BCUT2D eigenvalue weighted by atomic mass is 9.99. The van der Waals surface area contributed by atoms with Crippen molar-refractivity contribution in [3.8, 4) is 0 Å². The predicted molar refractivity (Wildman–Crippen MR) is 79.6 cm³/mol. The van der Waals surface area contributed by atoms with Crippen LogP contribution in [-0.2, 0) is 11.3 Å². The van der Waals surface area contributed by atoms with E-state index in [1.165, 1.54) is 11.1 Å². The highest BCUT2D eigenvalue weighted by atomic mass is 16.4. The van der Waals surface area contributed by atoms with Crippen LogP contribution in [0.3, 0.4) is 0 Å². The van der Waals surface area contributed by atoms with Gasteiger partial charge in [0.05, 0.1) is 5.92 Å². The molecule has 0 aliphatic carbocycles. The van der Waals surface area contributed by atoms with Crippen LogP contribution in [0.1, 0.15) is 37.4 Å². The molecule has 1 aromatic rings.